The first-order chi connectivity index (χ1) is 16.8. The fourth-order valence-corrected chi connectivity index (χ4v) is 5.62. The second-order valence-electron chi connectivity index (χ2n) is 11.6. The van der Waals surface area contributed by atoms with Gasteiger partial charge in [0.2, 0.25) is 0 Å². The highest BCUT2D eigenvalue weighted by atomic mass is 16.6. The summed E-state index contributed by atoms with van der Waals surface area (Å²) in [5, 5.41) is 21.7. The molecule has 0 saturated carbocycles. The monoisotopic (exact) mass is 495 g/mol. The highest BCUT2D eigenvalue weighted by Crippen LogP contribution is 2.44. The van der Waals surface area contributed by atoms with Gasteiger partial charge in [-0.05, 0) is 90.5 Å². The minimum atomic E-state index is -1.08. The zero-order valence-corrected chi connectivity index (χ0v) is 22.1. The van der Waals surface area contributed by atoms with E-state index in [1.807, 2.05) is 46.8 Å². The van der Waals surface area contributed by atoms with E-state index in [0.717, 1.165) is 35.0 Å². The lowest BCUT2D eigenvalue weighted by molar-refractivity contribution is -0.147. The second-order valence-corrected chi connectivity index (χ2v) is 11.6. The van der Waals surface area contributed by atoms with Gasteiger partial charge in [0.05, 0.1) is 35.8 Å². The van der Waals surface area contributed by atoms with Crippen LogP contribution in [0, 0.1) is 11.3 Å². The maximum Gasteiger partial charge on any atom is 0.410 e. The maximum atomic E-state index is 13.0. The summed E-state index contributed by atoms with van der Waals surface area (Å²) in [5.74, 6) is -0.231. The van der Waals surface area contributed by atoms with E-state index < -0.39 is 23.3 Å². The lowest BCUT2D eigenvalue weighted by Crippen LogP contribution is -2.49. The SMILES string of the molecule is CC(C)OC(=O)C[C@@H]1CCc2c1c1cc(C#N)ccc1n2C[C@H]1N(C(=O)OC(C)(C)C)CC[C@]1(C)O. The molecule has 1 N–H and O–H groups in total. The number of likely N-dealkylation sites (tertiary alicyclic amines) is 1. The Bertz CT molecular complexity index is 1210. The summed E-state index contributed by atoms with van der Waals surface area (Å²) in [5.41, 5.74) is 1.95. The van der Waals surface area contributed by atoms with Crippen molar-refractivity contribution in [1.29, 1.82) is 5.26 Å². The average Bonchev–Trinajstić information content (AvgIpc) is 3.39. The molecule has 8 heteroatoms. The van der Waals surface area contributed by atoms with Gasteiger partial charge in [0.1, 0.15) is 5.60 Å². The van der Waals surface area contributed by atoms with Gasteiger partial charge in [-0.15, -0.1) is 0 Å². The van der Waals surface area contributed by atoms with E-state index in [2.05, 4.69) is 10.6 Å². The summed E-state index contributed by atoms with van der Waals surface area (Å²) >= 11 is 0. The molecule has 2 aliphatic rings. The van der Waals surface area contributed by atoms with Crippen LogP contribution in [0.2, 0.25) is 0 Å². The average molecular weight is 496 g/mol. The number of ether oxygens (including phenoxy) is 2. The fourth-order valence-electron chi connectivity index (χ4n) is 5.62. The number of nitriles is 1. The van der Waals surface area contributed by atoms with Crippen molar-refractivity contribution >= 4 is 23.0 Å². The molecule has 0 bridgehead atoms. The Morgan fingerprint density at radius 3 is 2.67 bits per heavy atom. The van der Waals surface area contributed by atoms with Crippen LogP contribution in [0.25, 0.3) is 10.9 Å². The van der Waals surface area contributed by atoms with Crippen LogP contribution in [0.5, 0.6) is 0 Å². The van der Waals surface area contributed by atoms with Crippen molar-refractivity contribution in [2.24, 2.45) is 0 Å². The van der Waals surface area contributed by atoms with Crippen LogP contribution in [0.15, 0.2) is 18.2 Å². The molecular weight excluding hydrogens is 458 g/mol. The van der Waals surface area contributed by atoms with Crippen molar-refractivity contribution in [3.8, 4) is 6.07 Å². The lowest BCUT2D eigenvalue weighted by atomic mass is 9.96. The van der Waals surface area contributed by atoms with Crippen molar-refractivity contribution in [1.82, 2.24) is 9.47 Å². The Morgan fingerprint density at radius 2 is 2.03 bits per heavy atom. The zero-order valence-electron chi connectivity index (χ0n) is 22.1. The van der Waals surface area contributed by atoms with Crippen LogP contribution in [0.1, 0.15) is 83.5 Å². The van der Waals surface area contributed by atoms with Crippen LogP contribution < -0.4 is 0 Å². The summed E-state index contributed by atoms with van der Waals surface area (Å²) in [6, 6.07) is 7.34. The number of rotatable bonds is 5. The van der Waals surface area contributed by atoms with Crippen molar-refractivity contribution in [2.75, 3.05) is 6.54 Å². The first-order valence-electron chi connectivity index (χ1n) is 12.8. The number of benzene rings is 1. The number of hydrogen-bond acceptors (Lipinski definition) is 6. The molecule has 3 atom stereocenters. The normalized spacial score (nSPS) is 23.7. The van der Waals surface area contributed by atoms with Gasteiger partial charge in [-0.25, -0.2) is 4.79 Å². The number of carbonyl (C=O) groups is 2. The Morgan fingerprint density at radius 1 is 1.31 bits per heavy atom. The molecule has 8 nitrogen and oxygen atoms in total. The Kier molecular flexibility index (Phi) is 6.82. The molecule has 1 aliphatic carbocycles. The number of carbonyl (C=O) groups excluding carboxylic acids is 2. The van der Waals surface area contributed by atoms with Crippen LogP contribution in [-0.4, -0.2) is 56.5 Å². The molecule has 0 spiro atoms. The highest BCUT2D eigenvalue weighted by Gasteiger charge is 2.47. The molecular formula is C28H37N3O5. The minimum absolute atomic E-state index is 0.00464. The zero-order chi connectivity index (χ0) is 26.4. The molecule has 194 valence electrons. The number of aromatic nitrogens is 1. The molecule has 0 radical (unpaired) electrons. The Balaban J connectivity index is 1.74. The number of esters is 1. The molecule has 1 fully saturated rings. The highest BCUT2D eigenvalue weighted by molar-refractivity contribution is 5.89. The van der Waals surface area contributed by atoms with Gasteiger partial charge in [-0.3, -0.25) is 4.79 Å². The first kappa shape index (κ1) is 26.0. The van der Waals surface area contributed by atoms with E-state index in [1.165, 1.54) is 0 Å². The van der Waals surface area contributed by atoms with E-state index in [0.29, 0.717) is 25.1 Å². The number of nitrogens with zero attached hydrogens (tertiary/aromatic N) is 3. The molecule has 1 amide bonds. The summed E-state index contributed by atoms with van der Waals surface area (Å²) in [4.78, 5) is 27.2. The fraction of sp³-hybridized carbons (Fsp3) is 0.607. The third-order valence-electron chi connectivity index (χ3n) is 7.20. The number of hydrogen-bond donors (Lipinski definition) is 1. The number of fused-ring (bicyclic) bond motifs is 3. The largest absolute Gasteiger partial charge is 0.463 e. The molecule has 4 rings (SSSR count). The smallest absolute Gasteiger partial charge is 0.410 e. The Hall–Kier alpha value is -3.05. The third-order valence-corrected chi connectivity index (χ3v) is 7.20. The molecule has 1 aromatic heterocycles. The first-order valence-corrected chi connectivity index (χ1v) is 12.8. The molecule has 1 aromatic carbocycles. The molecule has 36 heavy (non-hydrogen) atoms. The quantitative estimate of drug-likeness (QED) is 0.606. The van der Waals surface area contributed by atoms with Crippen LogP contribution in [0.4, 0.5) is 4.79 Å². The van der Waals surface area contributed by atoms with Crippen LogP contribution in [0.3, 0.4) is 0 Å². The number of amides is 1. The van der Waals surface area contributed by atoms with Gasteiger partial charge >= 0.3 is 12.1 Å². The van der Waals surface area contributed by atoms with Crippen molar-refractivity contribution in [3.05, 3.63) is 35.0 Å². The van der Waals surface area contributed by atoms with Crippen molar-refractivity contribution < 1.29 is 24.2 Å². The summed E-state index contributed by atoms with van der Waals surface area (Å²) in [6.45, 7) is 11.8. The van der Waals surface area contributed by atoms with E-state index >= 15 is 0 Å². The molecule has 0 unspecified atom stereocenters. The maximum absolute atomic E-state index is 13.0. The summed E-state index contributed by atoms with van der Waals surface area (Å²) in [7, 11) is 0. The van der Waals surface area contributed by atoms with Gasteiger partial charge in [0.15, 0.2) is 0 Å². The Labute approximate surface area is 212 Å². The van der Waals surface area contributed by atoms with Crippen molar-refractivity contribution in [2.45, 2.75) is 103 Å². The predicted octanol–water partition coefficient (Wildman–Crippen LogP) is 4.64. The van der Waals surface area contributed by atoms with Gasteiger partial charge in [0.25, 0.3) is 0 Å². The standard InChI is InChI=1S/C28H37N3O5/c1-17(2)35-24(32)14-19-8-10-22-25(19)20-13-18(15-29)7-9-21(20)31(22)16-23-28(6,34)11-12-30(23)26(33)36-27(3,4)5/h7,9,13,17,19,23,34H,8,10-12,14,16H2,1-6H3/t19-,23+,28-/m0/s1. The lowest BCUT2D eigenvalue weighted by Gasteiger charge is -2.34. The van der Waals surface area contributed by atoms with E-state index in [-0.39, 0.29) is 24.4 Å². The molecule has 1 aliphatic heterocycles. The second kappa shape index (κ2) is 9.44. The predicted molar refractivity (Wildman–Crippen MR) is 136 cm³/mol. The van der Waals surface area contributed by atoms with Crippen LogP contribution >= 0.6 is 0 Å². The van der Waals surface area contributed by atoms with Gasteiger partial charge in [-0.2, -0.15) is 5.26 Å². The summed E-state index contributed by atoms with van der Waals surface area (Å²) < 4.78 is 13.2. The van der Waals surface area contributed by atoms with Crippen LogP contribution in [-0.2, 0) is 27.2 Å². The van der Waals surface area contributed by atoms with Crippen molar-refractivity contribution in [3.63, 3.8) is 0 Å². The van der Waals surface area contributed by atoms with Gasteiger partial charge in [-0.1, -0.05) is 0 Å². The molecule has 1 saturated heterocycles. The van der Waals surface area contributed by atoms with Gasteiger partial charge in [0, 0.05) is 29.7 Å². The minimum Gasteiger partial charge on any atom is -0.463 e. The van der Waals surface area contributed by atoms with E-state index in [9.17, 15) is 20.0 Å². The number of aliphatic hydroxyl groups is 1. The van der Waals surface area contributed by atoms with E-state index in [4.69, 9.17) is 9.47 Å². The van der Waals surface area contributed by atoms with E-state index in [1.54, 1.807) is 17.9 Å². The van der Waals surface area contributed by atoms with Gasteiger partial charge < -0.3 is 24.0 Å². The topological polar surface area (TPSA) is 105 Å². The third kappa shape index (κ3) is 5.08. The molecule has 2 heterocycles. The molecule has 2 aromatic rings. The summed E-state index contributed by atoms with van der Waals surface area (Å²) in [6.07, 6.45) is 1.72.